The highest BCUT2D eigenvalue weighted by Crippen LogP contribution is 2.18. The van der Waals surface area contributed by atoms with Gasteiger partial charge in [-0.15, -0.1) is 0 Å². The van der Waals surface area contributed by atoms with Crippen molar-refractivity contribution in [2.75, 3.05) is 18.9 Å². The second-order valence-corrected chi connectivity index (χ2v) is 4.72. The zero-order chi connectivity index (χ0) is 13.0. The van der Waals surface area contributed by atoms with Gasteiger partial charge in [-0.25, -0.2) is 0 Å². The standard InChI is InChI=1S/C14H17N3O/c1-17-7-3-6-13(17)9-14(18)16-12-5-2-4-11(8-12)10-15/h2,4-5,8,13H,3,6-7,9H2,1H3,(H,16,18). The summed E-state index contributed by atoms with van der Waals surface area (Å²) in [5.41, 5.74) is 1.26. The van der Waals surface area contributed by atoms with Crippen molar-refractivity contribution < 1.29 is 4.79 Å². The van der Waals surface area contributed by atoms with E-state index in [1.807, 2.05) is 0 Å². The number of anilines is 1. The highest BCUT2D eigenvalue weighted by Gasteiger charge is 2.23. The molecule has 1 aliphatic heterocycles. The van der Waals surface area contributed by atoms with Gasteiger partial charge in [-0.3, -0.25) is 4.79 Å². The van der Waals surface area contributed by atoms with Crippen LogP contribution in [0.2, 0.25) is 0 Å². The van der Waals surface area contributed by atoms with Crippen molar-refractivity contribution in [1.29, 1.82) is 5.26 Å². The molecule has 0 aliphatic carbocycles. The molecule has 18 heavy (non-hydrogen) atoms. The van der Waals surface area contributed by atoms with Crippen LogP contribution in [-0.4, -0.2) is 30.4 Å². The monoisotopic (exact) mass is 243 g/mol. The van der Waals surface area contributed by atoms with E-state index < -0.39 is 0 Å². The lowest BCUT2D eigenvalue weighted by Gasteiger charge is -2.18. The summed E-state index contributed by atoms with van der Waals surface area (Å²) < 4.78 is 0. The molecule has 1 fully saturated rings. The zero-order valence-electron chi connectivity index (χ0n) is 10.5. The fourth-order valence-electron chi connectivity index (χ4n) is 2.33. The van der Waals surface area contributed by atoms with Crippen LogP contribution in [0.3, 0.4) is 0 Å². The average Bonchev–Trinajstić information content (AvgIpc) is 2.75. The maximum Gasteiger partial charge on any atom is 0.225 e. The van der Waals surface area contributed by atoms with E-state index in [1.165, 1.54) is 6.42 Å². The molecule has 4 heteroatoms. The van der Waals surface area contributed by atoms with Crippen molar-refractivity contribution in [3.8, 4) is 6.07 Å². The number of nitrogens with one attached hydrogen (secondary N) is 1. The number of carbonyl (C=O) groups excluding carboxylic acids is 1. The minimum Gasteiger partial charge on any atom is -0.326 e. The van der Waals surface area contributed by atoms with Crippen LogP contribution < -0.4 is 5.32 Å². The molecule has 2 rings (SSSR count). The number of hydrogen-bond acceptors (Lipinski definition) is 3. The summed E-state index contributed by atoms with van der Waals surface area (Å²) in [6, 6.07) is 9.40. The number of amides is 1. The van der Waals surface area contributed by atoms with Crippen LogP contribution >= 0.6 is 0 Å². The highest BCUT2D eigenvalue weighted by atomic mass is 16.1. The van der Waals surface area contributed by atoms with Crippen LogP contribution in [-0.2, 0) is 4.79 Å². The van der Waals surface area contributed by atoms with Gasteiger partial charge in [0.1, 0.15) is 0 Å². The molecule has 0 radical (unpaired) electrons. The average molecular weight is 243 g/mol. The SMILES string of the molecule is CN1CCCC1CC(=O)Nc1cccc(C#N)c1. The maximum atomic E-state index is 11.9. The molecule has 0 bridgehead atoms. The first-order chi connectivity index (χ1) is 8.69. The first-order valence-corrected chi connectivity index (χ1v) is 6.19. The molecule has 1 amide bonds. The summed E-state index contributed by atoms with van der Waals surface area (Å²) in [6.45, 7) is 1.07. The van der Waals surface area contributed by atoms with E-state index in [4.69, 9.17) is 5.26 Å². The largest absolute Gasteiger partial charge is 0.326 e. The smallest absolute Gasteiger partial charge is 0.225 e. The molecule has 1 aromatic rings. The first-order valence-electron chi connectivity index (χ1n) is 6.19. The number of rotatable bonds is 3. The number of likely N-dealkylation sites (tertiary alicyclic amines) is 1. The molecule has 1 aromatic carbocycles. The molecule has 1 atom stereocenters. The Morgan fingerprint density at radius 3 is 3.11 bits per heavy atom. The van der Waals surface area contributed by atoms with E-state index in [0.29, 0.717) is 23.7 Å². The Morgan fingerprint density at radius 1 is 1.61 bits per heavy atom. The van der Waals surface area contributed by atoms with Crippen molar-refractivity contribution in [2.24, 2.45) is 0 Å². The van der Waals surface area contributed by atoms with Crippen LogP contribution in [0, 0.1) is 11.3 Å². The Balaban J connectivity index is 1.92. The number of hydrogen-bond donors (Lipinski definition) is 1. The predicted molar refractivity (Wildman–Crippen MR) is 70.1 cm³/mol. The van der Waals surface area contributed by atoms with Crippen LogP contribution in [0.1, 0.15) is 24.8 Å². The van der Waals surface area contributed by atoms with E-state index in [-0.39, 0.29) is 5.91 Å². The molecular formula is C14H17N3O. The van der Waals surface area contributed by atoms with Gasteiger partial charge in [-0.05, 0) is 44.6 Å². The van der Waals surface area contributed by atoms with Gasteiger partial charge < -0.3 is 10.2 Å². The lowest BCUT2D eigenvalue weighted by atomic mass is 10.1. The van der Waals surface area contributed by atoms with Crippen LogP contribution in [0.5, 0.6) is 0 Å². The van der Waals surface area contributed by atoms with Crippen LogP contribution in [0.4, 0.5) is 5.69 Å². The Morgan fingerprint density at radius 2 is 2.44 bits per heavy atom. The van der Waals surface area contributed by atoms with Gasteiger partial charge in [0.15, 0.2) is 0 Å². The molecular weight excluding hydrogens is 226 g/mol. The Hall–Kier alpha value is -1.86. The van der Waals surface area contributed by atoms with Gasteiger partial charge in [0.05, 0.1) is 11.6 Å². The molecule has 94 valence electrons. The molecule has 0 spiro atoms. The van der Waals surface area contributed by atoms with Gasteiger partial charge >= 0.3 is 0 Å². The summed E-state index contributed by atoms with van der Waals surface area (Å²) in [5.74, 6) is 0.0174. The predicted octanol–water partition coefficient (Wildman–Crippen LogP) is 1.98. The van der Waals surface area contributed by atoms with E-state index in [9.17, 15) is 4.79 Å². The van der Waals surface area contributed by atoms with E-state index in [1.54, 1.807) is 24.3 Å². The van der Waals surface area contributed by atoms with Crippen molar-refractivity contribution in [1.82, 2.24) is 4.90 Å². The van der Waals surface area contributed by atoms with Crippen LogP contribution in [0.15, 0.2) is 24.3 Å². The number of nitriles is 1. The maximum absolute atomic E-state index is 11.9. The zero-order valence-corrected chi connectivity index (χ0v) is 10.5. The molecule has 1 aliphatic rings. The van der Waals surface area contributed by atoms with Crippen LogP contribution in [0.25, 0.3) is 0 Å². The second kappa shape index (κ2) is 5.65. The molecule has 0 aromatic heterocycles. The third kappa shape index (κ3) is 3.08. The van der Waals surface area contributed by atoms with Crippen molar-refractivity contribution in [2.45, 2.75) is 25.3 Å². The number of carbonyl (C=O) groups is 1. The van der Waals surface area contributed by atoms with Gasteiger partial charge in [-0.2, -0.15) is 5.26 Å². The van der Waals surface area contributed by atoms with Crippen molar-refractivity contribution >= 4 is 11.6 Å². The quantitative estimate of drug-likeness (QED) is 0.883. The van der Waals surface area contributed by atoms with Gasteiger partial charge in [0.25, 0.3) is 0 Å². The van der Waals surface area contributed by atoms with Gasteiger partial charge in [0, 0.05) is 18.2 Å². The summed E-state index contributed by atoms with van der Waals surface area (Å²) in [7, 11) is 2.06. The normalized spacial score (nSPS) is 19.4. The summed E-state index contributed by atoms with van der Waals surface area (Å²) >= 11 is 0. The third-order valence-electron chi connectivity index (χ3n) is 3.37. The number of nitrogens with zero attached hydrogens (tertiary/aromatic N) is 2. The minimum atomic E-state index is 0.0174. The number of benzene rings is 1. The van der Waals surface area contributed by atoms with E-state index >= 15 is 0 Å². The Kier molecular flexibility index (Phi) is 3.96. The third-order valence-corrected chi connectivity index (χ3v) is 3.37. The lowest BCUT2D eigenvalue weighted by Crippen LogP contribution is -2.29. The fourth-order valence-corrected chi connectivity index (χ4v) is 2.33. The molecule has 1 saturated heterocycles. The summed E-state index contributed by atoms with van der Waals surface area (Å²) in [6.07, 6.45) is 2.77. The fraction of sp³-hybridized carbons (Fsp3) is 0.429. The summed E-state index contributed by atoms with van der Waals surface area (Å²) in [4.78, 5) is 14.1. The van der Waals surface area contributed by atoms with Gasteiger partial charge in [0.2, 0.25) is 5.91 Å². The van der Waals surface area contributed by atoms with E-state index in [0.717, 1.165) is 13.0 Å². The Labute approximate surface area is 107 Å². The van der Waals surface area contributed by atoms with E-state index in [2.05, 4.69) is 23.3 Å². The lowest BCUT2D eigenvalue weighted by molar-refractivity contribution is -0.117. The topological polar surface area (TPSA) is 56.1 Å². The first kappa shape index (κ1) is 12.6. The molecule has 0 saturated carbocycles. The summed E-state index contributed by atoms with van der Waals surface area (Å²) in [5, 5.41) is 11.6. The second-order valence-electron chi connectivity index (χ2n) is 4.72. The Bertz CT molecular complexity index is 478. The van der Waals surface area contributed by atoms with Crippen molar-refractivity contribution in [3.63, 3.8) is 0 Å². The van der Waals surface area contributed by atoms with Crippen molar-refractivity contribution in [3.05, 3.63) is 29.8 Å². The minimum absolute atomic E-state index is 0.0174. The molecule has 1 N–H and O–H groups in total. The molecule has 1 unspecified atom stereocenters. The highest BCUT2D eigenvalue weighted by molar-refractivity contribution is 5.91. The molecule has 4 nitrogen and oxygen atoms in total. The molecule has 1 heterocycles. The van der Waals surface area contributed by atoms with Gasteiger partial charge in [-0.1, -0.05) is 6.07 Å².